The molecule has 1 aliphatic rings. The van der Waals surface area contributed by atoms with Crippen LogP contribution in [-0.4, -0.2) is 38.9 Å². The van der Waals surface area contributed by atoms with E-state index in [4.69, 9.17) is 0 Å². The van der Waals surface area contributed by atoms with Crippen LogP contribution in [0.3, 0.4) is 0 Å². The summed E-state index contributed by atoms with van der Waals surface area (Å²) in [6, 6.07) is 8.91. The summed E-state index contributed by atoms with van der Waals surface area (Å²) in [7, 11) is 0. The summed E-state index contributed by atoms with van der Waals surface area (Å²) in [5.41, 5.74) is 5.67. The van der Waals surface area contributed by atoms with E-state index in [1.54, 1.807) is 0 Å². The lowest BCUT2D eigenvalue weighted by Gasteiger charge is -2.37. The molecular formula is C21H26N4O. The van der Waals surface area contributed by atoms with Crippen LogP contribution in [0.4, 0.5) is 5.82 Å². The highest BCUT2D eigenvalue weighted by atomic mass is 16.3. The summed E-state index contributed by atoms with van der Waals surface area (Å²) < 4.78 is 1.96. The molecule has 5 heteroatoms. The van der Waals surface area contributed by atoms with Gasteiger partial charge in [0.1, 0.15) is 5.82 Å². The molecule has 2 aromatic heterocycles. The van der Waals surface area contributed by atoms with Gasteiger partial charge in [0.15, 0.2) is 5.65 Å². The van der Waals surface area contributed by atoms with E-state index >= 15 is 0 Å². The molecule has 1 atom stereocenters. The summed E-state index contributed by atoms with van der Waals surface area (Å²) in [5.74, 6) is 1.07. The lowest BCUT2D eigenvalue weighted by molar-refractivity contribution is 0.262. The van der Waals surface area contributed by atoms with Crippen LogP contribution in [0, 0.1) is 13.8 Å². The summed E-state index contributed by atoms with van der Waals surface area (Å²) >= 11 is 0. The van der Waals surface area contributed by atoms with Gasteiger partial charge in [0, 0.05) is 31.0 Å². The number of aliphatic hydroxyl groups excluding tert-OH is 1. The van der Waals surface area contributed by atoms with Crippen LogP contribution in [0.1, 0.15) is 36.8 Å². The number of aromatic nitrogens is 3. The Morgan fingerprint density at radius 3 is 2.85 bits per heavy atom. The number of piperidine rings is 1. The van der Waals surface area contributed by atoms with Gasteiger partial charge in [-0.1, -0.05) is 18.2 Å². The summed E-state index contributed by atoms with van der Waals surface area (Å²) in [5, 5.41) is 14.1. The fraction of sp³-hybridized carbons (Fsp3) is 0.429. The van der Waals surface area contributed by atoms with Gasteiger partial charge in [-0.3, -0.25) is 0 Å². The molecule has 3 aromatic rings. The van der Waals surface area contributed by atoms with Crippen LogP contribution in [0.15, 0.2) is 36.7 Å². The van der Waals surface area contributed by atoms with Crippen LogP contribution < -0.4 is 4.90 Å². The number of hydrogen-bond donors (Lipinski definition) is 1. The molecule has 0 radical (unpaired) electrons. The highest BCUT2D eigenvalue weighted by molar-refractivity contribution is 5.78. The lowest BCUT2D eigenvalue weighted by Crippen LogP contribution is -2.41. The number of nitrogens with zero attached hydrogens (tertiary/aromatic N) is 4. The van der Waals surface area contributed by atoms with Crippen molar-refractivity contribution in [1.29, 1.82) is 0 Å². The fourth-order valence-electron chi connectivity index (χ4n) is 3.96. The number of rotatable bonds is 4. The number of hydrogen-bond acceptors (Lipinski definition) is 4. The van der Waals surface area contributed by atoms with Crippen LogP contribution in [0.5, 0.6) is 0 Å². The van der Waals surface area contributed by atoms with E-state index in [0.29, 0.717) is 6.04 Å². The molecule has 0 saturated carbocycles. The van der Waals surface area contributed by atoms with Crippen molar-refractivity contribution < 1.29 is 5.11 Å². The van der Waals surface area contributed by atoms with Gasteiger partial charge in [-0.25, -0.2) is 4.98 Å². The molecule has 0 aliphatic carbocycles. The maximum Gasteiger partial charge on any atom is 0.165 e. The molecule has 0 spiro atoms. The monoisotopic (exact) mass is 350 g/mol. The van der Waals surface area contributed by atoms with Gasteiger partial charge in [0.05, 0.1) is 6.20 Å². The predicted molar refractivity (Wildman–Crippen MR) is 105 cm³/mol. The molecule has 0 bridgehead atoms. The molecule has 1 saturated heterocycles. The second kappa shape index (κ2) is 7.08. The Hall–Kier alpha value is -2.40. The van der Waals surface area contributed by atoms with Gasteiger partial charge in [-0.15, -0.1) is 0 Å². The molecule has 4 rings (SSSR count). The average Bonchev–Trinajstić information content (AvgIpc) is 3.09. The Labute approximate surface area is 154 Å². The zero-order valence-corrected chi connectivity index (χ0v) is 15.5. The molecular weight excluding hydrogens is 324 g/mol. The van der Waals surface area contributed by atoms with Gasteiger partial charge in [-0.05, 0) is 62.3 Å². The van der Waals surface area contributed by atoms with Crippen molar-refractivity contribution in [1.82, 2.24) is 14.6 Å². The third-order valence-electron chi connectivity index (χ3n) is 5.58. The summed E-state index contributed by atoms with van der Waals surface area (Å²) in [6.07, 6.45) is 8.12. The minimum absolute atomic E-state index is 0.225. The van der Waals surface area contributed by atoms with Crippen LogP contribution in [0.2, 0.25) is 0 Å². The van der Waals surface area contributed by atoms with E-state index in [0.717, 1.165) is 42.0 Å². The molecule has 1 aliphatic heterocycles. The van der Waals surface area contributed by atoms with E-state index < -0.39 is 0 Å². The zero-order valence-electron chi connectivity index (χ0n) is 15.5. The van der Waals surface area contributed by atoms with E-state index in [1.807, 2.05) is 23.0 Å². The maximum absolute atomic E-state index is 9.44. The van der Waals surface area contributed by atoms with Crippen molar-refractivity contribution in [2.24, 2.45) is 0 Å². The van der Waals surface area contributed by atoms with Gasteiger partial charge < -0.3 is 10.0 Å². The van der Waals surface area contributed by atoms with E-state index in [-0.39, 0.29) is 6.61 Å². The summed E-state index contributed by atoms with van der Waals surface area (Å²) in [6.45, 7) is 5.49. The second-order valence-electron chi connectivity index (χ2n) is 7.25. The molecule has 5 nitrogen and oxygen atoms in total. The van der Waals surface area contributed by atoms with Crippen molar-refractivity contribution in [3.63, 3.8) is 0 Å². The quantitative estimate of drug-likeness (QED) is 0.778. The third kappa shape index (κ3) is 2.97. The number of aryl methyl sites for hydroxylation is 2. The van der Waals surface area contributed by atoms with E-state index in [2.05, 4.69) is 47.0 Å². The second-order valence-corrected chi connectivity index (χ2v) is 7.25. The van der Waals surface area contributed by atoms with Gasteiger partial charge in [0.2, 0.25) is 0 Å². The van der Waals surface area contributed by atoms with Crippen LogP contribution in [0.25, 0.3) is 16.8 Å². The molecule has 0 amide bonds. The Balaban J connectivity index is 1.78. The van der Waals surface area contributed by atoms with Crippen molar-refractivity contribution >= 4 is 11.5 Å². The topological polar surface area (TPSA) is 53.7 Å². The minimum Gasteiger partial charge on any atom is -0.396 e. The molecule has 3 heterocycles. The van der Waals surface area contributed by atoms with Crippen molar-refractivity contribution in [2.45, 2.75) is 45.6 Å². The van der Waals surface area contributed by atoms with Crippen LogP contribution in [-0.2, 0) is 0 Å². The SMILES string of the molecule is Cc1ccc(-c2cnn3c(N4CCCCC4CCO)ccnc23)cc1C. The number of anilines is 1. The first kappa shape index (κ1) is 17.0. The molecule has 1 N–H and O–H groups in total. The number of benzene rings is 1. The van der Waals surface area contributed by atoms with Gasteiger partial charge in [0.25, 0.3) is 0 Å². The molecule has 1 aromatic carbocycles. The molecule has 1 unspecified atom stereocenters. The first-order valence-electron chi connectivity index (χ1n) is 9.47. The fourth-order valence-corrected chi connectivity index (χ4v) is 3.96. The largest absolute Gasteiger partial charge is 0.396 e. The van der Waals surface area contributed by atoms with Gasteiger partial charge >= 0.3 is 0 Å². The molecule has 1 fully saturated rings. The van der Waals surface area contributed by atoms with Crippen molar-refractivity contribution in [3.8, 4) is 11.1 Å². The Kier molecular flexibility index (Phi) is 4.64. The van der Waals surface area contributed by atoms with E-state index in [1.165, 1.54) is 24.0 Å². The minimum atomic E-state index is 0.225. The first-order valence-corrected chi connectivity index (χ1v) is 9.47. The van der Waals surface area contributed by atoms with E-state index in [9.17, 15) is 5.11 Å². The van der Waals surface area contributed by atoms with Crippen molar-refractivity contribution in [2.75, 3.05) is 18.1 Å². The van der Waals surface area contributed by atoms with Crippen molar-refractivity contribution in [3.05, 3.63) is 47.8 Å². The zero-order chi connectivity index (χ0) is 18.1. The molecule has 26 heavy (non-hydrogen) atoms. The first-order chi connectivity index (χ1) is 12.7. The number of aliphatic hydroxyl groups is 1. The normalized spacial score (nSPS) is 17.8. The summed E-state index contributed by atoms with van der Waals surface area (Å²) in [4.78, 5) is 7.01. The van der Waals surface area contributed by atoms with Crippen LogP contribution >= 0.6 is 0 Å². The number of fused-ring (bicyclic) bond motifs is 1. The Bertz CT molecular complexity index is 916. The maximum atomic E-state index is 9.44. The Morgan fingerprint density at radius 1 is 1.15 bits per heavy atom. The lowest BCUT2D eigenvalue weighted by atomic mass is 9.99. The van der Waals surface area contributed by atoms with Gasteiger partial charge in [-0.2, -0.15) is 9.61 Å². The third-order valence-corrected chi connectivity index (χ3v) is 5.58. The standard InChI is InChI=1S/C21H26N4O/c1-15-6-7-17(13-16(15)2)19-14-23-25-20(8-10-22-21(19)25)24-11-4-3-5-18(24)9-12-26/h6-8,10,13-14,18,26H,3-5,9,11-12H2,1-2H3. The highest BCUT2D eigenvalue weighted by Gasteiger charge is 2.25. The predicted octanol–water partition coefficient (Wildman–Crippen LogP) is 3.75. The average molecular weight is 350 g/mol. The Morgan fingerprint density at radius 2 is 2.04 bits per heavy atom. The highest BCUT2D eigenvalue weighted by Crippen LogP contribution is 2.30. The smallest absolute Gasteiger partial charge is 0.165 e. The molecule has 136 valence electrons.